The molecule has 0 radical (unpaired) electrons. The van der Waals surface area contributed by atoms with Gasteiger partial charge in [0.2, 0.25) is 0 Å². The molecular formula is C15H29N2O2+. The summed E-state index contributed by atoms with van der Waals surface area (Å²) in [5, 5.41) is 1.73. The van der Waals surface area contributed by atoms with Crippen molar-refractivity contribution in [2.24, 2.45) is 11.8 Å². The molecule has 0 aromatic heterocycles. The van der Waals surface area contributed by atoms with Crippen LogP contribution in [-0.2, 0) is 9.53 Å². The van der Waals surface area contributed by atoms with Gasteiger partial charge in [-0.3, -0.25) is 4.79 Å². The third kappa shape index (κ3) is 3.78. The normalized spacial score (nSPS) is 20.0. The smallest absolute Gasteiger partial charge is 0.295 e. The summed E-state index contributed by atoms with van der Waals surface area (Å²) in [6.45, 7) is 11.6. The Balaban J connectivity index is 3.02. The first kappa shape index (κ1) is 16.2. The van der Waals surface area contributed by atoms with Crippen LogP contribution in [0.2, 0.25) is 0 Å². The van der Waals surface area contributed by atoms with Gasteiger partial charge in [0.05, 0.1) is 13.7 Å². The van der Waals surface area contributed by atoms with Crippen molar-refractivity contribution < 1.29 is 14.2 Å². The molecule has 0 aromatic carbocycles. The van der Waals surface area contributed by atoms with E-state index in [0.717, 1.165) is 19.4 Å². The minimum atomic E-state index is -0.121. The van der Waals surface area contributed by atoms with Crippen molar-refractivity contribution >= 4 is 11.6 Å². The van der Waals surface area contributed by atoms with Gasteiger partial charge in [0.1, 0.15) is 6.42 Å². The molecule has 0 N–H and O–H groups in total. The molecule has 0 bridgehead atoms. The number of ether oxygens (including phenoxy) is 1. The van der Waals surface area contributed by atoms with Crippen LogP contribution in [0.3, 0.4) is 0 Å². The highest BCUT2D eigenvalue weighted by Gasteiger charge is 2.44. The van der Waals surface area contributed by atoms with Gasteiger partial charge in [-0.1, -0.05) is 45.7 Å². The Bertz CT molecular complexity index is 338. The summed E-state index contributed by atoms with van der Waals surface area (Å²) in [5.41, 5.74) is 1.27. The van der Waals surface area contributed by atoms with Crippen molar-refractivity contribution in [1.82, 2.24) is 5.01 Å². The molecule has 1 aliphatic rings. The number of carbonyl (C=O) groups excluding carboxylic acids is 1. The van der Waals surface area contributed by atoms with E-state index in [1.165, 1.54) is 5.71 Å². The van der Waals surface area contributed by atoms with E-state index in [0.29, 0.717) is 18.3 Å². The Hall–Kier alpha value is -0.900. The molecule has 1 unspecified atom stereocenters. The van der Waals surface area contributed by atoms with Crippen LogP contribution in [0, 0.1) is 11.8 Å². The standard InChI is InChI=1S/C15H29N2O2/c1-7-8-9-19-14-10-13(18)16(6)17(14)15(11(2)3)12(4)5/h11-12,14H,7-10H2,1-6H3/q+1. The maximum absolute atomic E-state index is 12.0. The van der Waals surface area contributed by atoms with Crippen LogP contribution in [0.5, 0.6) is 0 Å². The Morgan fingerprint density at radius 1 is 1.37 bits per heavy atom. The van der Waals surface area contributed by atoms with Gasteiger partial charge in [0.15, 0.2) is 5.71 Å². The summed E-state index contributed by atoms with van der Waals surface area (Å²) >= 11 is 0. The molecule has 1 fully saturated rings. The third-order valence-corrected chi connectivity index (χ3v) is 3.56. The number of hydrogen-bond donors (Lipinski definition) is 0. The summed E-state index contributed by atoms with van der Waals surface area (Å²) in [4.78, 5) is 12.0. The monoisotopic (exact) mass is 269 g/mol. The predicted octanol–water partition coefficient (Wildman–Crippen LogP) is 2.67. The number of rotatable bonds is 6. The lowest BCUT2D eigenvalue weighted by molar-refractivity contribution is -0.712. The summed E-state index contributed by atoms with van der Waals surface area (Å²) in [6, 6.07) is 0. The van der Waals surface area contributed by atoms with Crippen molar-refractivity contribution in [3.05, 3.63) is 0 Å². The lowest BCUT2D eigenvalue weighted by Crippen LogP contribution is -2.41. The van der Waals surface area contributed by atoms with Crippen molar-refractivity contribution in [2.45, 2.75) is 60.1 Å². The van der Waals surface area contributed by atoms with E-state index in [4.69, 9.17) is 4.74 Å². The maximum Gasteiger partial charge on any atom is 0.295 e. The summed E-state index contributed by atoms with van der Waals surface area (Å²) in [6.07, 6.45) is 2.50. The number of carbonyl (C=O) groups is 1. The van der Waals surface area contributed by atoms with E-state index >= 15 is 0 Å². The second-order valence-corrected chi connectivity index (χ2v) is 5.88. The molecule has 1 atom stereocenters. The van der Waals surface area contributed by atoms with Crippen LogP contribution >= 0.6 is 0 Å². The fraction of sp³-hybridized carbons (Fsp3) is 0.867. The molecule has 1 amide bonds. The molecule has 1 saturated heterocycles. The first-order chi connectivity index (χ1) is 8.90. The van der Waals surface area contributed by atoms with E-state index in [-0.39, 0.29) is 12.1 Å². The molecule has 0 aromatic rings. The zero-order valence-corrected chi connectivity index (χ0v) is 13.3. The van der Waals surface area contributed by atoms with Gasteiger partial charge in [-0.25, -0.2) is 0 Å². The number of hydrogen-bond acceptors (Lipinski definition) is 2. The third-order valence-electron chi connectivity index (χ3n) is 3.56. The SMILES string of the molecule is CCCCOC1CC(=O)N(C)[N+]1=C(C(C)C)C(C)C. The van der Waals surface area contributed by atoms with Crippen molar-refractivity contribution in [1.29, 1.82) is 0 Å². The second kappa shape index (κ2) is 7.04. The largest absolute Gasteiger partial charge is 0.319 e. The Morgan fingerprint density at radius 3 is 2.42 bits per heavy atom. The predicted molar refractivity (Wildman–Crippen MR) is 77.0 cm³/mol. The Morgan fingerprint density at radius 2 is 1.95 bits per heavy atom. The van der Waals surface area contributed by atoms with Crippen LogP contribution < -0.4 is 0 Å². The zero-order valence-electron chi connectivity index (χ0n) is 13.3. The number of amides is 1. The van der Waals surface area contributed by atoms with Gasteiger partial charge in [-0.2, -0.15) is 0 Å². The van der Waals surface area contributed by atoms with Crippen LogP contribution in [-0.4, -0.2) is 41.2 Å². The lowest BCUT2D eigenvalue weighted by atomic mass is 9.97. The molecule has 4 heteroatoms. The van der Waals surface area contributed by atoms with Gasteiger partial charge in [-0.05, 0) is 6.42 Å². The molecule has 0 spiro atoms. The number of hydrazone groups is 1. The highest BCUT2D eigenvalue weighted by atomic mass is 16.5. The number of hydrazine groups is 1. The van der Waals surface area contributed by atoms with E-state index < -0.39 is 0 Å². The molecule has 1 rings (SSSR count). The molecular weight excluding hydrogens is 240 g/mol. The Kier molecular flexibility index (Phi) is 5.98. The van der Waals surface area contributed by atoms with Gasteiger partial charge in [0.25, 0.3) is 12.1 Å². The molecule has 19 heavy (non-hydrogen) atoms. The zero-order chi connectivity index (χ0) is 14.6. The van der Waals surface area contributed by atoms with Gasteiger partial charge < -0.3 is 4.74 Å². The first-order valence-corrected chi connectivity index (χ1v) is 7.44. The van der Waals surface area contributed by atoms with E-state index in [1.54, 1.807) is 5.01 Å². The highest BCUT2D eigenvalue weighted by Crippen LogP contribution is 2.20. The molecule has 110 valence electrons. The molecule has 0 aliphatic carbocycles. The minimum Gasteiger partial charge on any atom is -0.319 e. The lowest BCUT2D eigenvalue weighted by Gasteiger charge is -2.18. The average Bonchev–Trinajstić information content (AvgIpc) is 2.57. The van der Waals surface area contributed by atoms with Gasteiger partial charge in [-0.15, -0.1) is 5.01 Å². The summed E-state index contributed by atoms with van der Waals surface area (Å²) in [7, 11) is 1.84. The first-order valence-electron chi connectivity index (χ1n) is 7.44. The van der Waals surface area contributed by atoms with E-state index in [1.807, 2.05) is 7.05 Å². The fourth-order valence-electron chi connectivity index (χ4n) is 2.71. The van der Waals surface area contributed by atoms with E-state index in [9.17, 15) is 4.79 Å². The number of nitrogens with zero attached hydrogens (tertiary/aromatic N) is 2. The number of unbranched alkanes of at least 4 members (excludes halogenated alkanes) is 1. The van der Waals surface area contributed by atoms with E-state index in [2.05, 4.69) is 39.3 Å². The van der Waals surface area contributed by atoms with Crippen molar-refractivity contribution in [3.63, 3.8) is 0 Å². The quantitative estimate of drug-likeness (QED) is 0.548. The van der Waals surface area contributed by atoms with Crippen molar-refractivity contribution in [2.75, 3.05) is 13.7 Å². The van der Waals surface area contributed by atoms with Crippen LogP contribution in [0.1, 0.15) is 53.9 Å². The topological polar surface area (TPSA) is 32.5 Å². The highest BCUT2D eigenvalue weighted by molar-refractivity contribution is 5.85. The molecule has 1 heterocycles. The Labute approximate surface area is 117 Å². The van der Waals surface area contributed by atoms with Gasteiger partial charge in [0, 0.05) is 11.8 Å². The minimum absolute atomic E-state index is 0.121. The molecule has 0 saturated carbocycles. The fourth-order valence-corrected chi connectivity index (χ4v) is 2.71. The summed E-state index contributed by atoms with van der Waals surface area (Å²) in [5.74, 6) is 0.955. The van der Waals surface area contributed by atoms with Crippen LogP contribution in [0.15, 0.2) is 0 Å². The average molecular weight is 269 g/mol. The van der Waals surface area contributed by atoms with Gasteiger partial charge >= 0.3 is 0 Å². The maximum atomic E-state index is 12.0. The van der Waals surface area contributed by atoms with Crippen molar-refractivity contribution in [3.8, 4) is 0 Å². The molecule has 1 aliphatic heterocycles. The summed E-state index contributed by atoms with van der Waals surface area (Å²) < 4.78 is 8.00. The second-order valence-electron chi connectivity index (χ2n) is 5.88. The van der Waals surface area contributed by atoms with Crippen LogP contribution in [0.4, 0.5) is 0 Å². The molecule has 4 nitrogen and oxygen atoms in total. The van der Waals surface area contributed by atoms with Crippen LogP contribution in [0.25, 0.3) is 0 Å².